The van der Waals surface area contributed by atoms with Gasteiger partial charge >= 0.3 is 0 Å². The SMILES string of the molecule is O=S(=O)(NCc1ccc([C@@H]2O[C@H](Cn3cnc4ccccc43)C[C@H](c3ccc(CO)cc3)O2)cc1)c1ccccc1. The second kappa shape index (κ2) is 11.9. The zero-order valence-corrected chi connectivity index (χ0v) is 23.2. The average molecular weight is 570 g/mol. The zero-order chi connectivity index (χ0) is 28.2. The molecule has 1 aliphatic rings. The molecule has 1 aromatic heterocycles. The quantitative estimate of drug-likeness (QED) is 0.251. The lowest BCUT2D eigenvalue weighted by atomic mass is 10.00. The lowest BCUT2D eigenvalue weighted by Crippen LogP contribution is -2.32. The summed E-state index contributed by atoms with van der Waals surface area (Å²) in [6.45, 7) is 0.771. The van der Waals surface area contributed by atoms with Crippen LogP contribution in [0.4, 0.5) is 0 Å². The number of rotatable bonds is 9. The van der Waals surface area contributed by atoms with Gasteiger partial charge in [-0.3, -0.25) is 0 Å². The highest BCUT2D eigenvalue weighted by Gasteiger charge is 2.32. The van der Waals surface area contributed by atoms with E-state index in [2.05, 4.69) is 20.3 Å². The van der Waals surface area contributed by atoms with E-state index in [9.17, 15) is 13.5 Å². The van der Waals surface area contributed by atoms with Gasteiger partial charge in [0.2, 0.25) is 10.0 Å². The number of aromatic nitrogens is 2. The van der Waals surface area contributed by atoms with Crippen LogP contribution in [0.15, 0.2) is 114 Å². The Bertz CT molecular complexity index is 1700. The van der Waals surface area contributed by atoms with Gasteiger partial charge in [-0.05, 0) is 41.0 Å². The number of para-hydroxylation sites is 2. The van der Waals surface area contributed by atoms with Crippen molar-refractivity contribution in [1.82, 2.24) is 14.3 Å². The number of aliphatic hydroxyl groups is 1. The van der Waals surface area contributed by atoms with Crippen molar-refractivity contribution < 1.29 is 23.0 Å². The number of ether oxygens (including phenoxy) is 2. The van der Waals surface area contributed by atoms with E-state index in [0.717, 1.165) is 33.3 Å². The van der Waals surface area contributed by atoms with Crippen LogP contribution in [0.1, 0.15) is 41.1 Å². The minimum Gasteiger partial charge on any atom is -0.392 e. The Kier molecular flexibility index (Phi) is 7.95. The molecular formula is C32H31N3O5S. The summed E-state index contributed by atoms with van der Waals surface area (Å²) >= 11 is 0. The molecule has 0 aliphatic carbocycles. The summed E-state index contributed by atoms with van der Waals surface area (Å²) in [6.07, 6.45) is 1.53. The van der Waals surface area contributed by atoms with Crippen molar-refractivity contribution >= 4 is 21.1 Å². The third-order valence-corrected chi connectivity index (χ3v) is 8.73. The molecule has 4 aromatic carbocycles. The van der Waals surface area contributed by atoms with Crippen LogP contribution in [-0.2, 0) is 39.2 Å². The van der Waals surface area contributed by atoms with Gasteiger partial charge in [0.05, 0.1) is 47.6 Å². The van der Waals surface area contributed by atoms with Crippen molar-refractivity contribution in [3.63, 3.8) is 0 Å². The minimum atomic E-state index is -3.60. The number of sulfonamides is 1. The monoisotopic (exact) mass is 569 g/mol. The Balaban J connectivity index is 1.20. The van der Waals surface area contributed by atoms with Crippen LogP contribution in [-0.4, -0.2) is 29.2 Å². The Morgan fingerprint density at radius 1 is 0.829 bits per heavy atom. The van der Waals surface area contributed by atoms with Crippen molar-refractivity contribution in [2.24, 2.45) is 0 Å². The Labute approximate surface area is 239 Å². The molecule has 1 fully saturated rings. The summed E-state index contributed by atoms with van der Waals surface area (Å²) in [5, 5.41) is 9.47. The highest BCUT2D eigenvalue weighted by atomic mass is 32.2. The molecule has 41 heavy (non-hydrogen) atoms. The summed E-state index contributed by atoms with van der Waals surface area (Å²) in [5.41, 5.74) is 5.51. The topological polar surface area (TPSA) is 103 Å². The minimum absolute atomic E-state index is 0.0122. The third-order valence-electron chi connectivity index (χ3n) is 7.31. The molecule has 1 saturated heterocycles. The summed E-state index contributed by atoms with van der Waals surface area (Å²) in [4.78, 5) is 4.76. The Morgan fingerprint density at radius 2 is 1.51 bits per heavy atom. The number of aliphatic hydroxyl groups excluding tert-OH is 1. The maximum absolute atomic E-state index is 12.6. The number of hydrogen-bond acceptors (Lipinski definition) is 6. The molecule has 0 spiro atoms. The summed E-state index contributed by atoms with van der Waals surface area (Å²) in [7, 11) is -3.60. The predicted molar refractivity (Wildman–Crippen MR) is 155 cm³/mol. The summed E-state index contributed by atoms with van der Waals surface area (Å²) in [6, 6.07) is 31.7. The van der Waals surface area contributed by atoms with Crippen molar-refractivity contribution in [3.05, 3.63) is 132 Å². The molecule has 2 N–H and O–H groups in total. The molecule has 210 valence electrons. The third kappa shape index (κ3) is 6.24. The first kappa shape index (κ1) is 27.3. The Morgan fingerprint density at radius 3 is 2.27 bits per heavy atom. The van der Waals surface area contributed by atoms with Gasteiger partial charge in [-0.2, -0.15) is 0 Å². The second-order valence-corrected chi connectivity index (χ2v) is 11.9. The number of imidazole rings is 1. The number of hydrogen-bond donors (Lipinski definition) is 2. The number of nitrogens with one attached hydrogen (secondary N) is 1. The molecule has 0 bridgehead atoms. The normalized spacial score (nSPS) is 19.4. The molecule has 0 unspecified atom stereocenters. The van der Waals surface area contributed by atoms with Crippen molar-refractivity contribution in [2.45, 2.75) is 49.5 Å². The largest absolute Gasteiger partial charge is 0.392 e. The second-order valence-electron chi connectivity index (χ2n) is 10.1. The Hall–Kier alpha value is -3.86. The van der Waals surface area contributed by atoms with E-state index in [4.69, 9.17) is 9.47 Å². The van der Waals surface area contributed by atoms with E-state index in [1.165, 1.54) is 0 Å². The van der Waals surface area contributed by atoms with E-state index in [-0.39, 0.29) is 30.3 Å². The van der Waals surface area contributed by atoms with E-state index >= 15 is 0 Å². The van der Waals surface area contributed by atoms with Gasteiger partial charge in [-0.25, -0.2) is 18.1 Å². The van der Waals surface area contributed by atoms with Gasteiger partial charge in [-0.1, -0.05) is 78.9 Å². The van der Waals surface area contributed by atoms with Crippen molar-refractivity contribution in [1.29, 1.82) is 0 Å². The first-order valence-corrected chi connectivity index (χ1v) is 15.0. The lowest BCUT2D eigenvalue weighted by Gasteiger charge is -2.36. The number of benzene rings is 4. The number of fused-ring (bicyclic) bond motifs is 1. The molecule has 2 heterocycles. The molecular weight excluding hydrogens is 538 g/mol. The van der Waals surface area contributed by atoms with Crippen LogP contribution in [0.2, 0.25) is 0 Å². The summed E-state index contributed by atoms with van der Waals surface area (Å²) < 4.78 is 42.9. The van der Waals surface area contributed by atoms with Crippen LogP contribution in [0.3, 0.4) is 0 Å². The number of nitrogens with zero attached hydrogens (tertiary/aromatic N) is 2. The maximum atomic E-state index is 12.6. The molecule has 0 saturated carbocycles. The lowest BCUT2D eigenvalue weighted by molar-refractivity contribution is -0.252. The first-order chi connectivity index (χ1) is 20.0. The molecule has 9 heteroatoms. The van der Waals surface area contributed by atoms with Crippen LogP contribution >= 0.6 is 0 Å². The molecule has 8 nitrogen and oxygen atoms in total. The standard InChI is InChI=1S/C32H31N3O5S/c36-21-24-12-14-25(15-13-24)31-18-27(20-35-22-33-29-8-4-5-9-30(29)35)39-32(40-31)26-16-10-23(11-17-26)19-34-41(37,38)28-6-2-1-3-7-28/h1-17,22,27,31-32,34,36H,18-21H2/t27-,31+,32+/m0/s1. The van der Waals surface area contributed by atoms with Crippen molar-refractivity contribution in [2.75, 3.05) is 0 Å². The van der Waals surface area contributed by atoms with Crippen LogP contribution in [0, 0.1) is 0 Å². The van der Waals surface area contributed by atoms with Gasteiger partial charge < -0.3 is 19.1 Å². The van der Waals surface area contributed by atoms with E-state index in [1.54, 1.807) is 30.3 Å². The van der Waals surface area contributed by atoms with Crippen LogP contribution in [0.25, 0.3) is 11.0 Å². The first-order valence-electron chi connectivity index (χ1n) is 13.5. The predicted octanol–water partition coefficient (Wildman–Crippen LogP) is 5.25. The average Bonchev–Trinajstić information content (AvgIpc) is 3.43. The molecule has 6 rings (SSSR count). The highest BCUT2D eigenvalue weighted by molar-refractivity contribution is 7.89. The van der Waals surface area contributed by atoms with Crippen LogP contribution < -0.4 is 4.72 Å². The van der Waals surface area contributed by atoms with E-state index < -0.39 is 16.3 Å². The van der Waals surface area contributed by atoms with Gasteiger partial charge in [0.1, 0.15) is 0 Å². The molecule has 1 aliphatic heterocycles. The molecule has 0 amide bonds. The molecule has 0 radical (unpaired) electrons. The fourth-order valence-corrected chi connectivity index (χ4v) is 6.10. The fourth-order valence-electron chi connectivity index (χ4n) is 5.06. The highest BCUT2D eigenvalue weighted by Crippen LogP contribution is 2.38. The zero-order valence-electron chi connectivity index (χ0n) is 22.3. The van der Waals surface area contributed by atoms with Crippen LogP contribution in [0.5, 0.6) is 0 Å². The van der Waals surface area contributed by atoms with E-state index in [0.29, 0.717) is 13.0 Å². The van der Waals surface area contributed by atoms with Gasteiger partial charge in [0, 0.05) is 18.5 Å². The molecule has 5 aromatic rings. The smallest absolute Gasteiger partial charge is 0.240 e. The molecule has 3 atom stereocenters. The summed E-state index contributed by atoms with van der Waals surface area (Å²) in [5.74, 6) is 0. The van der Waals surface area contributed by atoms with Gasteiger partial charge in [-0.15, -0.1) is 0 Å². The van der Waals surface area contributed by atoms with Crippen molar-refractivity contribution in [3.8, 4) is 0 Å². The van der Waals surface area contributed by atoms with Gasteiger partial charge in [0.25, 0.3) is 0 Å². The maximum Gasteiger partial charge on any atom is 0.240 e. The fraction of sp³-hybridized carbons (Fsp3) is 0.219. The van der Waals surface area contributed by atoms with Gasteiger partial charge in [0.15, 0.2) is 6.29 Å². The van der Waals surface area contributed by atoms with E-state index in [1.807, 2.05) is 73.1 Å².